The Morgan fingerprint density at radius 1 is 1.31 bits per heavy atom. The van der Waals surface area contributed by atoms with E-state index < -0.39 is 0 Å². The molecule has 16 heavy (non-hydrogen) atoms. The van der Waals surface area contributed by atoms with Crippen molar-refractivity contribution in [2.24, 2.45) is 5.92 Å². The van der Waals surface area contributed by atoms with Crippen molar-refractivity contribution < 1.29 is 4.79 Å². The van der Waals surface area contributed by atoms with Crippen LogP contribution >= 0.6 is 11.8 Å². The van der Waals surface area contributed by atoms with Crippen LogP contribution in [0.3, 0.4) is 0 Å². The highest BCUT2D eigenvalue weighted by atomic mass is 32.2. The molecule has 0 heterocycles. The SMILES string of the molecule is CC1CCCC(Sc2ccccc2C=O)C1. The number of hydrogen-bond acceptors (Lipinski definition) is 2. The first-order chi connectivity index (χ1) is 7.79. The molecule has 2 atom stereocenters. The van der Waals surface area contributed by atoms with Crippen LogP contribution in [-0.2, 0) is 0 Å². The van der Waals surface area contributed by atoms with E-state index in [4.69, 9.17) is 0 Å². The van der Waals surface area contributed by atoms with Gasteiger partial charge in [-0.1, -0.05) is 38.0 Å². The summed E-state index contributed by atoms with van der Waals surface area (Å²) in [6.07, 6.45) is 6.25. The maximum Gasteiger partial charge on any atom is 0.151 e. The average molecular weight is 234 g/mol. The number of rotatable bonds is 3. The molecule has 0 aromatic heterocycles. The fourth-order valence-corrected chi connectivity index (χ4v) is 3.83. The second-order valence-electron chi connectivity index (χ2n) is 4.67. The summed E-state index contributed by atoms with van der Waals surface area (Å²) >= 11 is 1.89. The Hall–Kier alpha value is -0.760. The van der Waals surface area contributed by atoms with E-state index in [1.807, 2.05) is 30.0 Å². The van der Waals surface area contributed by atoms with Gasteiger partial charge in [0.05, 0.1) is 0 Å². The van der Waals surface area contributed by atoms with Crippen molar-refractivity contribution in [3.63, 3.8) is 0 Å². The summed E-state index contributed by atoms with van der Waals surface area (Å²) < 4.78 is 0. The van der Waals surface area contributed by atoms with Crippen molar-refractivity contribution >= 4 is 18.0 Å². The van der Waals surface area contributed by atoms with Crippen LogP contribution in [-0.4, -0.2) is 11.5 Å². The van der Waals surface area contributed by atoms with Crippen LogP contribution in [0.5, 0.6) is 0 Å². The molecule has 1 aromatic carbocycles. The molecule has 86 valence electrons. The van der Waals surface area contributed by atoms with Gasteiger partial charge in [0.1, 0.15) is 0 Å². The molecule has 1 aliphatic carbocycles. The first kappa shape index (κ1) is 11.7. The van der Waals surface area contributed by atoms with Gasteiger partial charge in [0.25, 0.3) is 0 Å². The molecule has 1 saturated carbocycles. The first-order valence-corrected chi connectivity index (χ1v) is 6.88. The minimum absolute atomic E-state index is 0.699. The summed E-state index contributed by atoms with van der Waals surface area (Å²) in [5.41, 5.74) is 0.839. The van der Waals surface area contributed by atoms with Gasteiger partial charge >= 0.3 is 0 Å². The summed E-state index contributed by atoms with van der Waals surface area (Å²) in [6.45, 7) is 2.33. The number of aldehydes is 1. The zero-order valence-electron chi connectivity index (χ0n) is 9.69. The molecule has 2 unspecified atom stereocenters. The van der Waals surface area contributed by atoms with Crippen molar-refractivity contribution in [2.75, 3.05) is 0 Å². The van der Waals surface area contributed by atoms with Gasteiger partial charge in [-0.3, -0.25) is 4.79 Å². The Bertz CT molecular complexity index is 362. The number of hydrogen-bond donors (Lipinski definition) is 0. The molecule has 2 rings (SSSR count). The average Bonchev–Trinajstić information content (AvgIpc) is 2.30. The van der Waals surface area contributed by atoms with E-state index in [0.717, 1.165) is 22.7 Å². The highest BCUT2D eigenvalue weighted by molar-refractivity contribution is 8.00. The summed E-state index contributed by atoms with van der Waals surface area (Å²) in [4.78, 5) is 12.1. The smallest absolute Gasteiger partial charge is 0.151 e. The zero-order chi connectivity index (χ0) is 11.4. The van der Waals surface area contributed by atoms with Crippen LogP contribution < -0.4 is 0 Å². The Balaban J connectivity index is 2.05. The monoisotopic (exact) mass is 234 g/mol. The van der Waals surface area contributed by atoms with E-state index in [9.17, 15) is 4.79 Å². The van der Waals surface area contributed by atoms with Gasteiger partial charge in [0.15, 0.2) is 6.29 Å². The Morgan fingerprint density at radius 2 is 2.12 bits per heavy atom. The van der Waals surface area contributed by atoms with E-state index >= 15 is 0 Å². The fraction of sp³-hybridized carbons (Fsp3) is 0.500. The third-order valence-electron chi connectivity index (χ3n) is 3.23. The highest BCUT2D eigenvalue weighted by Crippen LogP contribution is 2.36. The molecule has 0 amide bonds. The maximum absolute atomic E-state index is 10.9. The number of thioether (sulfide) groups is 1. The number of benzene rings is 1. The third-order valence-corrected chi connectivity index (χ3v) is 4.62. The molecule has 0 spiro atoms. The summed E-state index contributed by atoms with van der Waals surface area (Å²) in [5, 5.41) is 0.699. The van der Waals surface area contributed by atoms with E-state index in [2.05, 4.69) is 13.0 Å². The lowest BCUT2D eigenvalue weighted by Crippen LogP contribution is -2.15. The van der Waals surface area contributed by atoms with Crippen LogP contribution in [0.4, 0.5) is 0 Å². The quantitative estimate of drug-likeness (QED) is 0.730. The van der Waals surface area contributed by atoms with E-state index in [1.165, 1.54) is 25.7 Å². The Kier molecular flexibility index (Phi) is 4.05. The van der Waals surface area contributed by atoms with Gasteiger partial charge < -0.3 is 0 Å². The Morgan fingerprint density at radius 3 is 2.88 bits per heavy atom. The topological polar surface area (TPSA) is 17.1 Å². The molecule has 1 nitrogen and oxygen atoms in total. The first-order valence-electron chi connectivity index (χ1n) is 6.00. The molecule has 0 radical (unpaired) electrons. The molecule has 1 fully saturated rings. The standard InChI is InChI=1S/C14H18OS/c1-11-5-4-7-13(9-11)16-14-8-3-2-6-12(14)10-15/h2-3,6,8,10-11,13H,4-5,7,9H2,1H3. The normalized spacial score (nSPS) is 25.3. The maximum atomic E-state index is 10.9. The molecule has 2 heteroatoms. The van der Waals surface area contributed by atoms with Crippen LogP contribution in [0, 0.1) is 5.92 Å². The summed E-state index contributed by atoms with van der Waals surface area (Å²) in [7, 11) is 0. The van der Waals surface area contributed by atoms with Crippen LogP contribution in [0.25, 0.3) is 0 Å². The molecule has 1 aromatic rings. The van der Waals surface area contributed by atoms with E-state index in [0.29, 0.717) is 5.25 Å². The molecule has 1 aliphatic rings. The van der Waals surface area contributed by atoms with Crippen molar-refractivity contribution in [1.82, 2.24) is 0 Å². The molecular weight excluding hydrogens is 216 g/mol. The predicted molar refractivity (Wildman–Crippen MR) is 69.1 cm³/mol. The van der Waals surface area contributed by atoms with Gasteiger partial charge in [-0.2, -0.15) is 0 Å². The van der Waals surface area contributed by atoms with E-state index in [1.54, 1.807) is 0 Å². The van der Waals surface area contributed by atoms with Crippen molar-refractivity contribution in [2.45, 2.75) is 42.8 Å². The highest BCUT2D eigenvalue weighted by Gasteiger charge is 2.20. The molecule has 0 saturated heterocycles. The van der Waals surface area contributed by atoms with Gasteiger partial charge in [-0.15, -0.1) is 11.8 Å². The van der Waals surface area contributed by atoms with Crippen molar-refractivity contribution in [3.8, 4) is 0 Å². The van der Waals surface area contributed by atoms with Gasteiger partial charge in [-0.05, 0) is 24.8 Å². The van der Waals surface area contributed by atoms with Crippen molar-refractivity contribution in [3.05, 3.63) is 29.8 Å². The van der Waals surface area contributed by atoms with Gasteiger partial charge in [-0.25, -0.2) is 0 Å². The molecule has 0 N–H and O–H groups in total. The Labute approximate surface area is 102 Å². The van der Waals surface area contributed by atoms with Crippen molar-refractivity contribution in [1.29, 1.82) is 0 Å². The van der Waals surface area contributed by atoms with Gasteiger partial charge in [0, 0.05) is 15.7 Å². The minimum Gasteiger partial charge on any atom is -0.298 e. The molecule has 0 bridgehead atoms. The van der Waals surface area contributed by atoms with Crippen LogP contribution in [0.2, 0.25) is 0 Å². The second-order valence-corrected chi connectivity index (χ2v) is 6.01. The predicted octanol–water partition coefficient (Wildman–Crippen LogP) is 4.17. The molecule has 0 aliphatic heterocycles. The molecular formula is C14H18OS. The van der Waals surface area contributed by atoms with Gasteiger partial charge in [0.2, 0.25) is 0 Å². The lowest BCUT2D eigenvalue weighted by Gasteiger charge is -2.26. The summed E-state index contributed by atoms with van der Waals surface area (Å²) in [6, 6.07) is 7.91. The summed E-state index contributed by atoms with van der Waals surface area (Å²) in [5.74, 6) is 0.842. The minimum atomic E-state index is 0.699. The zero-order valence-corrected chi connectivity index (χ0v) is 10.5. The van der Waals surface area contributed by atoms with Crippen LogP contribution in [0.15, 0.2) is 29.2 Å². The fourth-order valence-electron chi connectivity index (χ4n) is 2.35. The third kappa shape index (κ3) is 2.88. The second kappa shape index (κ2) is 5.53. The van der Waals surface area contributed by atoms with E-state index in [-0.39, 0.29) is 0 Å². The number of carbonyl (C=O) groups is 1. The number of carbonyl (C=O) groups excluding carboxylic acids is 1. The lowest BCUT2D eigenvalue weighted by atomic mass is 9.91. The largest absolute Gasteiger partial charge is 0.298 e. The lowest BCUT2D eigenvalue weighted by molar-refractivity contribution is 0.112. The van der Waals surface area contributed by atoms with Crippen LogP contribution in [0.1, 0.15) is 43.0 Å².